The number of halogens is 1. The molecule has 5 heteroatoms. The van der Waals surface area contributed by atoms with Crippen molar-refractivity contribution in [2.75, 3.05) is 19.6 Å². The Hall–Kier alpha value is -0.580. The van der Waals surface area contributed by atoms with Crippen molar-refractivity contribution in [1.82, 2.24) is 10.2 Å². The standard InChI is InChI=1S/C15H24N2OS.ClH/c1-4-6-13-12(5-2)9-14(19-13)15(18)17-8-7-16-11(3)10-17;/h9,11,16H,4-8,10H2,1-3H3;1H. The molecule has 1 saturated heterocycles. The van der Waals surface area contributed by atoms with Gasteiger partial charge in [-0.3, -0.25) is 4.79 Å². The quantitative estimate of drug-likeness (QED) is 0.925. The molecule has 114 valence electrons. The molecule has 0 bridgehead atoms. The number of carbonyl (C=O) groups is 1. The van der Waals surface area contributed by atoms with Crippen LogP contribution in [0.5, 0.6) is 0 Å². The summed E-state index contributed by atoms with van der Waals surface area (Å²) in [5.41, 5.74) is 1.36. The molecule has 1 amide bonds. The average Bonchev–Trinajstić information content (AvgIpc) is 2.81. The lowest BCUT2D eigenvalue weighted by Gasteiger charge is -2.31. The molecular weight excluding hydrogens is 292 g/mol. The van der Waals surface area contributed by atoms with Crippen LogP contribution in [0.3, 0.4) is 0 Å². The lowest BCUT2D eigenvalue weighted by atomic mass is 10.1. The van der Waals surface area contributed by atoms with Crippen LogP contribution in [-0.2, 0) is 12.8 Å². The molecule has 2 heterocycles. The van der Waals surface area contributed by atoms with E-state index in [9.17, 15) is 4.79 Å². The van der Waals surface area contributed by atoms with Crippen molar-refractivity contribution in [3.05, 3.63) is 21.4 Å². The number of nitrogens with zero attached hydrogens (tertiary/aromatic N) is 1. The summed E-state index contributed by atoms with van der Waals surface area (Å²) in [6, 6.07) is 2.52. The number of hydrogen-bond donors (Lipinski definition) is 1. The fourth-order valence-corrected chi connectivity index (χ4v) is 3.91. The molecular formula is C15H25ClN2OS. The second-order valence-electron chi connectivity index (χ2n) is 5.27. The molecule has 1 N–H and O–H groups in total. The Balaban J connectivity index is 0.00000200. The maximum atomic E-state index is 12.5. The summed E-state index contributed by atoms with van der Waals surface area (Å²) in [5.74, 6) is 0.218. The summed E-state index contributed by atoms with van der Waals surface area (Å²) in [5, 5.41) is 3.38. The number of aryl methyl sites for hydroxylation is 2. The fraction of sp³-hybridized carbons (Fsp3) is 0.667. The molecule has 1 aliphatic rings. The van der Waals surface area contributed by atoms with E-state index in [0.717, 1.165) is 43.8 Å². The van der Waals surface area contributed by atoms with Gasteiger partial charge in [0, 0.05) is 30.6 Å². The fourth-order valence-electron chi connectivity index (χ4n) is 2.58. The predicted octanol–water partition coefficient (Wildman–Crippen LogP) is 3.12. The summed E-state index contributed by atoms with van der Waals surface area (Å²) < 4.78 is 0. The van der Waals surface area contributed by atoms with Crippen LogP contribution in [0.2, 0.25) is 0 Å². The van der Waals surface area contributed by atoms with Gasteiger partial charge in [-0.15, -0.1) is 23.7 Å². The molecule has 0 radical (unpaired) electrons. The Morgan fingerprint density at radius 1 is 1.50 bits per heavy atom. The Bertz CT molecular complexity index is 447. The highest BCUT2D eigenvalue weighted by molar-refractivity contribution is 7.14. The number of carbonyl (C=O) groups excluding carboxylic acids is 1. The van der Waals surface area contributed by atoms with E-state index in [-0.39, 0.29) is 18.3 Å². The summed E-state index contributed by atoms with van der Waals surface area (Å²) in [7, 11) is 0. The van der Waals surface area contributed by atoms with E-state index in [1.165, 1.54) is 10.4 Å². The second kappa shape index (κ2) is 8.01. The zero-order valence-electron chi connectivity index (χ0n) is 12.6. The Kier molecular flexibility index (Phi) is 7.00. The van der Waals surface area contributed by atoms with Crippen LogP contribution >= 0.6 is 23.7 Å². The number of nitrogens with one attached hydrogen (secondary N) is 1. The van der Waals surface area contributed by atoms with E-state index in [1.807, 2.05) is 4.90 Å². The van der Waals surface area contributed by atoms with Crippen molar-refractivity contribution in [3.8, 4) is 0 Å². The average molecular weight is 317 g/mol. The van der Waals surface area contributed by atoms with Gasteiger partial charge in [-0.2, -0.15) is 0 Å². The van der Waals surface area contributed by atoms with Crippen molar-refractivity contribution in [2.45, 2.75) is 46.1 Å². The van der Waals surface area contributed by atoms with Crippen LogP contribution in [0.15, 0.2) is 6.07 Å². The highest BCUT2D eigenvalue weighted by atomic mass is 35.5. The van der Waals surface area contributed by atoms with Gasteiger partial charge in [0.2, 0.25) is 0 Å². The van der Waals surface area contributed by atoms with E-state index < -0.39 is 0 Å². The van der Waals surface area contributed by atoms with E-state index >= 15 is 0 Å². The largest absolute Gasteiger partial charge is 0.335 e. The van der Waals surface area contributed by atoms with Crippen LogP contribution in [0.1, 0.15) is 47.3 Å². The first-order valence-corrected chi connectivity index (χ1v) is 8.11. The van der Waals surface area contributed by atoms with Crippen LogP contribution in [0.25, 0.3) is 0 Å². The zero-order chi connectivity index (χ0) is 13.8. The molecule has 1 unspecified atom stereocenters. The number of piperazine rings is 1. The van der Waals surface area contributed by atoms with Gasteiger partial charge in [-0.25, -0.2) is 0 Å². The third-order valence-electron chi connectivity index (χ3n) is 3.62. The van der Waals surface area contributed by atoms with Crippen molar-refractivity contribution in [1.29, 1.82) is 0 Å². The highest BCUT2D eigenvalue weighted by Gasteiger charge is 2.23. The summed E-state index contributed by atoms with van der Waals surface area (Å²) in [6.07, 6.45) is 3.27. The first kappa shape index (κ1) is 17.5. The monoisotopic (exact) mass is 316 g/mol. The second-order valence-corrected chi connectivity index (χ2v) is 6.41. The van der Waals surface area contributed by atoms with Crippen LogP contribution in [0.4, 0.5) is 0 Å². The molecule has 1 atom stereocenters. The lowest BCUT2D eigenvalue weighted by molar-refractivity contribution is 0.0714. The minimum Gasteiger partial charge on any atom is -0.335 e. The van der Waals surface area contributed by atoms with E-state index in [1.54, 1.807) is 11.3 Å². The number of amides is 1. The van der Waals surface area contributed by atoms with Gasteiger partial charge in [-0.1, -0.05) is 20.3 Å². The van der Waals surface area contributed by atoms with E-state index in [0.29, 0.717) is 6.04 Å². The Labute approximate surface area is 132 Å². The molecule has 0 saturated carbocycles. The summed E-state index contributed by atoms with van der Waals surface area (Å²) >= 11 is 1.70. The van der Waals surface area contributed by atoms with Gasteiger partial charge in [0.1, 0.15) is 0 Å². The van der Waals surface area contributed by atoms with E-state index in [2.05, 4.69) is 32.2 Å². The molecule has 1 aromatic rings. The third kappa shape index (κ3) is 3.96. The first-order chi connectivity index (χ1) is 9.15. The summed E-state index contributed by atoms with van der Waals surface area (Å²) in [4.78, 5) is 16.9. The molecule has 1 fully saturated rings. The number of thiophene rings is 1. The van der Waals surface area contributed by atoms with Crippen LogP contribution in [0, 0.1) is 0 Å². The number of hydrogen-bond acceptors (Lipinski definition) is 3. The van der Waals surface area contributed by atoms with Crippen LogP contribution in [-0.4, -0.2) is 36.5 Å². The topological polar surface area (TPSA) is 32.3 Å². The minimum absolute atomic E-state index is 0. The van der Waals surface area contributed by atoms with Gasteiger partial charge in [0.25, 0.3) is 5.91 Å². The molecule has 3 nitrogen and oxygen atoms in total. The SMILES string of the molecule is CCCc1sc(C(=O)N2CCNC(C)C2)cc1CC.Cl. The molecule has 0 aliphatic carbocycles. The van der Waals surface area contributed by atoms with Crippen molar-refractivity contribution >= 4 is 29.7 Å². The number of rotatable bonds is 4. The van der Waals surface area contributed by atoms with Gasteiger partial charge < -0.3 is 10.2 Å². The van der Waals surface area contributed by atoms with Crippen LogP contribution < -0.4 is 5.32 Å². The van der Waals surface area contributed by atoms with Gasteiger partial charge in [0.05, 0.1) is 4.88 Å². The molecule has 0 spiro atoms. The Morgan fingerprint density at radius 2 is 2.25 bits per heavy atom. The smallest absolute Gasteiger partial charge is 0.264 e. The highest BCUT2D eigenvalue weighted by Crippen LogP contribution is 2.26. The molecule has 2 rings (SSSR count). The van der Waals surface area contributed by atoms with Gasteiger partial charge in [-0.05, 0) is 31.4 Å². The molecule has 20 heavy (non-hydrogen) atoms. The van der Waals surface area contributed by atoms with Gasteiger partial charge in [0.15, 0.2) is 0 Å². The van der Waals surface area contributed by atoms with Crippen molar-refractivity contribution in [2.24, 2.45) is 0 Å². The molecule has 1 aliphatic heterocycles. The van der Waals surface area contributed by atoms with Gasteiger partial charge >= 0.3 is 0 Å². The molecule has 0 aromatic carbocycles. The van der Waals surface area contributed by atoms with Crippen molar-refractivity contribution < 1.29 is 4.79 Å². The predicted molar refractivity (Wildman–Crippen MR) is 88.3 cm³/mol. The lowest BCUT2D eigenvalue weighted by Crippen LogP contribution is -2.51. The zero-order valence-corrected chi connectivity index (χ0v) is 14.2. The Morgan fingerprint density at radius 3 is 2.85 bits per heavy atom. The first-order valence-electron chi connectivity index (χ1n) is 7.29. The minimum atomic E-state index is 0. The molecule has 1 aromatic heterocycles. The maximum Gasteiger partial charge on any atom is 0.264 e. The maximum absolute atomic E-state index is 12.5. The van der Waals surface area contributed by atoms with E-state index in [4.69, 9.17) is 0 Å². The third-order valence-corrected chi connectivity index (χ3v) is 4.85. The summed E-state index contributed by atoms with van der Waals surface area (Å²) in [6.45, 7) is 9.04. The normalized spacial score (nSPS) is 18.8. The van der Waals surface area contributed by atoms with Crippen molar-refractivity contribution in [3.63, 3.8) is 0 Å².